The van der Waals surface area contributed by atoms with Crippen molar-refractivity contribution in [3.05, 3.63) is 66.2 Å². The zero-order valence-electron chi connectivity index (χ0n) is 9.22. The van der Waals surface area contributed by atoms with E-state index in [1.165, 1.54) is 0 Å². The van der Waals surface area contributed by atoms with Gasteiger partial charge < -0.3 is 5.11 Å². The molecule has 1 nitrogen and oxygen atoms in total. The van der Waals surface area contributed by atoms with Crippen molar-refractivity contribution in [3.63, 3.8) is 0 Å². The molecule has 0 bridgehead atoms. The molecule has 0 saturated carbocycles. The summed E-state index contributed by atoms with van der Waals surface area (Å²) in [6, 6.07) is 17.9. The molecular weight excluding hydrogens is 196 g/mol. The van der Waals surface area contributed by atoms with Crippen molar-refractivity contribution in [3.8, 4) is 11.1 Å². The van der Waals surface area contributed by atoms with Crippen molar-refractivity contribution >= 4 is 5.76 Å². The molecule has 2 aromatic carbocycles. The molecule has 0 amide bonds. The first-order chi connectivity index (χ1) is 7.83. The molecular formula is C15H14O. The third-order valence-electron chi connectivity index (χ3n) is 2.56. The molecule has 0 saturated heterocycles. The summed E-state index contributed by atoms with van der Waals surface area (Å²) in [6.07, 6.45) is 1.71. The van der Waals surface area contributed by atoms with Crippen LogP contribution in [0.4, 0.5) is 0 Å². The fourth-order valence-corrected chi connectivity index (χ4v) is 1.73. The number of allylic oxidation sites excluding steroid dienone is 1. The maximum absolute atomic E-state index is 9.83. The van der Waals surface area contributed by atoms with Crippen LogP contribution >= 0.6 is 0 Å². The molecule has 80 valence electrons. The van der Waals surface area contributed by atoms with Crippen LogP contribution in [0.15, 0.2) is 60.7 Å². The van der Waals surface area contributed by atoms with Crippen LogP contribution in [0.2, 0.25) is 0 Å². The van der Waals surface area contributed by atoms with E-state index in [4.69, 9.17) is 0 Å². The summed E-state index contributed by atoms with van der Waals surface area (Å²) in [5, 5.41) is 9.83. The summed E-state index contributed by atoms with van der Waals surface area (Å²) in [5.41, 5.74) is 3.04. The molecule has 0 aliphatic carbocycles. The number of benzene rings is 2. The second-order valence-corrected chi connectivity index (χ2v) is 3.59. The van der Waals surface area contributed by atoms with Gasteiger partial charge in [-0.3, -0.25) is 0 Å². The second kappa shape index (κ2) is 4.67. The van der Waals surface area contributed by atoms with Gasteiger partial charge in [0.25, 0.3) is 0 Å². The summed E-state index contributed by atoms with van der Waals surface area (Å²) in [6.45, 7) is 1.83. The molecule has 0 fully saturated rings. The molecule has 16 heavy (non-hydrogen) atoms. The van der Waals surface area contributed by atoms with E-state index in [-0.39, 0.29) is 0 Å². The minimum absolute atomic E-state index is 0.319. The second-order valence-electron chi connectivity index (χ2n) is 3.59. The Labute approximate surface area is 95.7 Å². The number of hydrogen-bond donors (Lipinski definition) is 1. The number of hydrogen-bond acceptors (Lipinski definition) is 1. The SMILES string of the molecule is C/C=C(/O)c1ccccc1-c1ccccc1. The summed E-state index contributed by atoms with van der Waals surface area (Å²) < 4.78 is 0. The van der Waals surface area contributed by atoms with Gasteiger partial charge in [-0.05, 0) is 24.1 Å². The van der Waals surface area contributed by atoms with Crippen LogP contribution in [0.5, 0.6) is 0 Å². The predicted octanol–water partition coefficient (Wildman–Crippen LogP) is 4.27. The summed E-state index contributed by atoms with van der Waals surface area (Å²) in [7, 11) is 0. The minimum Gasteiger partial charge on any atom is -0.508 e. The van der Waals surface area contributed by atoms with E-state index in [9.17, 15) is 5.11 Å². The van der Waals surface area contributed by atoms with Crippen molar-refractivity contribution in [1.82, 2.24) is 0 Å². The van der Waals surface area contributed by atoms with Gasteiger partial charge in [-0.2, -0.15) is 0 Å². The van der Waals surface area contributed by atoms with Crippen LogP contribution in [-0.2, 0) is 0 Å². The molecule has 1 heteroatoms. The van der Waals surface area contributed by atoms with E-state index < -0.39 is 0 Å². The maximum atomic E-state index is 9.83. The van der Waals surface area contributed by atoms with E-state index in [0.29, 0.717) is 5.76 Å². The van der Waals surface area contributed by atoms with Gasteiger partial charge in [0.05, 0.1) is 0 Å². The Morgan fingerprint density at radius 1 is 0.938 bits per heavy atom. The van der Waals surface area contributed by atoms with Crippen molar-refractivity contribution in [1.29, 1.82) is 0 Å². The Bertz CT molecular complexity index is 498. The highest BCUT2D eigenvalue weighted by atomic mass is 16.3. The van der Waals surface area contributed by atoms with Gasteiger partial charge >= 0.3 is 0 Å². The standard InChI is InChI=1S/C15H14O/c1-2-15(16)14-11-7-6-10-13(14)12-8-4-3-5-9-12/h2-11,16H,1H3/b15-2+. The molecule has 0 unspecified atom stereocenters. The Morgan fingerprint density at radius 2 is 1.56 bits per heavy atom. The molecule has 0 aliphatic heterocycles. The van der Waals surface area contributed by atoms with E-state index in [1.807, 2.05) is 61.5 Å². The maximum Gasteiger partial charge on any atom is 0.119 e. The monoisotopic (exact) mass is 210 g/mol. The Kier molecular flexibility index (Phi) is 3.06. The first-order valence-electron chi connectivity index (χ1n) is 5.33. The van der Waals surface area contributed by atoms with Gasteiger partial charge in [0.1, 0.15) is 5.76 Å². The van der Waals surface area contributed by atoms with Gasteiger partial charge in [0.15, 0.2) is 0 Å². The first-order valence-corrected chi connectivity index (χ1v) is 5.33. The first kappa shape index (κ1) is 10.5. The van der Waals surface area contributed by atoms with Gasteiger partial charge in [-0.1, -0.05) is 54.6 Å². The van der Waals surface area contributed by atoms with E-state index in [1.54, 1.807) is 6.08 Å². The summed E-state index contributed by atoms with van der Waals surface area (Å²) >= 11 is 0. The van der Waals surface area contributed by atoms with Crippen LogP contribution in [0.3, 0.4) is 0 Å². The van der Waals surface area contributed by atoms with Gasteiger partial charge in [-0.15, -0.1) is 0 Å². The van der Waals surface area contributed by atoms with E-state index in [2.05, 4.69) is 0 Å². The Balaban J connectivity index is 2.58. The quantitative estimate of drug-likeness (QED) is 0.734. The average Bonchev–Trinajstić information content (AvgIpc) is 2.39. The van der Waals surface area contributed by atoms with E-state index in [0.717, 1.165) is 16.7 Å². The molecule has 0 radical (unpaired) electrons. The predicted molar refractivity (Wildman–Crippen MR) is 68.2 cm³/mol. The number of aliphatic hydroxyl groups is 1. The summed E-state index contributed by atoms with van der Waals surface area (Å²) in [5.74, 6) is 0.319. The van der Waals surface area contributed by atoms with Crippen LogP contribution in [0.1, 0.15) is 12.5 Å². The number of aliphatic hydroxyl groups excluding tert-OH is 1. The van der Waals surface area contributed by atoms with Gasteiger partial charge in [0.2, 0.25) is 0 Å². The largest absolute Gasteiger partial charge is 0.508 e. The highest BCUT2D eigenvalue weighted by Crippen LogP contribution is 2.27. The zero-order chi connectivity index (χ0) is 11.4. The lowest BCUT2D eigenvalue weighted by atomic mass is 9.98. The van der Waals surface area contributed by atoms with Gasteiger partial charge in [-0.25, -0.2) is 0 Å². The topological polar surface area (TPSA) is 20.2 Å². The van der Waals surface area contributed by atoms with Crippen molar-refractivity contribution < 1.29 is 5.11 Å². The molecule has 1 N–H and O–H groups in total. The Morgan fingerprint density at radius 3 is 2.25 bits per heavy atom. The molecule has 2 rings (SSSR count). The molecule has 2 aromatic rings. The highest BCUT2D eigenvalue weighted by Gasteiger charge is 2.06. The van der Waals surface area contributed by atoms with Crippen molar-refractivity contribution in [2.45, 2.75) is 6.92 Å². The lowest BCUT2D eigenvalue weighted by Gasteiger charge is -2.08. The lowest BCUT2D eigenvalue weighted by molar-refractivity contribution is 0.511. The third-order valence-corrected chi connectivity index (χ3v) is 2.56. The van der Waals surface area contributed by atoms with Crippen LogP contribution < -0.4 is 0 Å². The van der Waals surface area contributed by atoms with E-state index >= 15 is 0 Å². The molecule has 0 atom stereocenters. The lowest BCUT2D eigenvalue weighted by Crippen LogP contribution is -1.88. The van der Waals surface area contributed by atoms with Crippen LogP contribution in [0.25, 0.3) is 16.9 Å². The fourth-order valence-electron chi connectivity index (χ4n) is 1.73. The summed E-state index contributed by atoms with van der Waals surface area (Å²) in [4.78, 5) is 0. The zero-order valence-corrected chi connectivity index (χ0v) is 9.22. The molecule has 0 spiro atoms. The Hall–Kier alpha value is -2.02. The van der Waals surface area contributed by atoms with Crippen LogP contribution in [0, 0.1) is 0 Å². The third kappa shape index (κ3) is 1.98. The molecule has 0 aromatic heterocycles. The highest BCUT2D eigenvalue weighted by molar-refractivity contribution is 5.78. The molecule has 0 aliphatic rings. The average molecular weight is 210 g/mol. The molecule has 0 heterocycles. The number of rotatable bonds is 2. The minimum atomic E-state index is 0.319. The van der Waals surface area contributed by atoms with Crippen molar-refractivity contribution in [2.75, 3.05) is 0 Å². The van der Waals surface area contributed by atoms with Crippen LogP contribution in [-0.4, -0.2) is 5.11 Å². The van der Waals surface area contributed by atoms with Crippen molar-refractivity contribution in [2.24, 2.45) is 0 Å². The smallest absolute Gasteiger partial charge is 0.119 e. The normalized spacial score (nSPS) is 11.4. The van der Waals surface area contributed by atoms with Gasteiger partial charge in [0, 0.05) is 5.56 Å². The fraction of sp³-hybridized carbons (Fsp3) is 0.0667.